The van der Waals surface area contributed by atoms with E-state index in [1.165, 1.54) is 41.7 Å². The summed E-state index contributed by atoms with van der Waals surface area (Å²) >= 11 is 0. The van der Waals surface area contributed by atoms with Crippen molar-refractivity contribution in [2.45, 2.75) is 84.0 Å². The van der Waals surface area contributed by atoms with Crippen LogP contribution in [0.3, 0.4) is 0 Å². The minimum Gasteiger partial charge on any atom is -0.488 e. The van der Waals surface area contributed by atoms with E-state index in [-0.39, 0.29) is 67.6 Å². The van der Waals surface area contributed by atoms with Crippen molar-refractivity contribution >= 4 is 23.7 Å². The highest BCUT2D eigenvalue weighted by Gasteiger charge is 2.50. The summed E-state index contributed by atoms with van der Waals surface area (Å²) in [5.41, 5.74) is -2.81. The van der Waals surface area contributed by atoms with Gasteiger partial charge in [-0.05, 0) is 70.0 Å². The lowest BCUT2D eigenvalue weighted by molar-refractivity contribution is -0.155. The molecule has 5 N–H and O–H groups in total. The SMILES string of the molecule is CC(C)(COCC(C)(C)C(=O)O)C(=O)O.CCC1(N)C(c2ncc(OCCOC)c(Cc3cc(C(F)(F)F)cc(C(F)(F)F)c3)n2)Cc2nc(C(F)(F)F)ccc2N1C(=O)O. The molecule has 0 fully saturated rings. The maximum absolute atomic E-state index is 13.5. The Morgan fingerprint density at radius 2 is 1.38 bits per heavy atom. The molecule has 0 radical (unpaired) electrons. The number of carbonyl (C=O) groups is 3. The van der Waals surface area contributed by atoms with Crippen LogP contribution in [-0.4, -0.2) is 87.5 Å². The van der Waals surface area contributed by atoms with Gasteiger partial charge in [0.2, 0.25) is 0 Å². The topological polar surface area (TPSA) is 208 Å². The fourth-order valence-electron chi connectivity index (χ4n) is 5.83. The molecule has 61 heavy (non-hydrogen) atoms. The summed E-state index contributed by atoms with van der Waals surface area (Å²) in [6, 6.07) is 2.53. The van der Waals surface area contributed by atoms with Gasteiger partial charge in [-0.25, -0.2) is 19.7 Å². The monoisotopic (exact) mass is 885 g/mol. The van der Waals surface area contributed by atoms with Gasteiger partial charge >= 0.3 is 36.6 Å². The number of carboxylic acid groups (broad SMARTS) is 3. The second-order valence-corrected chi connectivity index (χ2v) is 15.2. The van der Waals surface area contributed by atoms with E-state index in [9.17, 15) is 59.0 Å². The predicted molar refractivity (Wildman–Crippen MR) is 196 cm³/mol. The fourth-order valence-corrected chi connectivity index (χ4v) is 5.83. The second-order valence-electron chi connectivity index (χ2n) is 15.2. The molecule has 1 aromatic carbocycles. The standard InChI is InChI=1S/C28H26F9N5O4.C10H18O5/c1-3-25(38)17(12-18-20(42(25)24(43)44)4-5-22(40-18)28(35,36)37)23-39-13-21(46-7-6-45-2)19(41-23)10-14-8-15(26(29,30)31)11-16(9-14)27(32,33)34;1-9(2,7(11)12)5-15-6-10(3,4)8(13)14/h4-5,8-9,11,13,17H,3,6-7,10,12,38H2,1-2H3,(H,43,44);5-6H2,1-4H3,(H,11,12)(H,13,14). The molecule has 14 nitrogen and oxygen atoms in total. The average Bonchev–Trinajstić information content (AvgIpc) is 3.13. The first-order valence-corrected chi connectivity index (χ1v) is 18.1. The van der Waals surface area contributed by atoms with E-state index in [2.05, 4.69) is 15.0 Å². The molecule has 3 heterocycles. The molecule has 2 aromatic heterocycles. The number of halogens is 9. The van der Waals surface area contributed by atoms with E-state index < -0.39 is 94.2 Å². The minimum atomic E-state index is -5.12. The first-order valence-electron chi connectivity index (χ1n) is 18.1. The van der Waals surface area contributed by atoms with E-state index in [4.69, 9.17) is 30.2 Å². The number of hydrogen-bond acceptors (Lipinski definition) is 10. The van der Waals surface area contributed by atoms with E-state index in [1.54, 1.807) is 0 Å². The average molecular weight is 886 g/mol. The Hall–Kier alpha value is -5.29. The molecular weight excluding hydrogens is 841 g/mol. The van der Waals surface area contributed by atoms with Gasteiger partial charge in [0.05, 0.1) is 71.0 Å². The maximum atomic E-state index is 13.5. The number of ether oxygens (including phenoxy) is 3. The van der Waals surface area contributed by atoms with Crippen molar-refractivity contribution in [2.24, 2.45) is 16.6 Å². The number of benzene rings is 1. The van der Waals surface area contributed by atoms with Gasteiger partial charge in [-0.15, -0.1) is 0 Å². The van der Waals surface area contributed by atoms with Crippen molar-refractivity contribution in [2.75, 3.05) is 38.4 Å². The van der Waals surface area contributed by atoms with Gasteiger partial charge in [0.1, 0.15) is 23.8 Å². The summed E-state index contributed by atoms with van der Waals surface area (Å²) in [7, 11) is 1.35. The van der Waals surface area contributed by atoms with Crippen molar-refractivity contribution in [3.63, 3.8) is 0 Å². The lowest BCUT2D eigenvalue weighted by Gasteiger charge is -2.47. The van der Waals surface area contributed by atoms with Crippen LogP contribution in [0.5, 0.6) is 5.75 Å². The maximum Gasteiger partial charge on any atom is 0.433 e. The number of carboxylic acids is 2. The Balaban J connectivity index is 0.000000562. The molecule has 0 spiro atoms. The summed E-state index contributed by atoms with van der Waals surface area (Å²) in [5.74, 6) is -3.59. The molecular formula is C38H44F9N5O9. The molecule has 0 bridgehead atoms. The number of fused-ring (bicyclic) bond motifs is 1. The van der Waals surface area contributed by atoms with E-state index in [1.807, 2.05) is 0 Å². The number of anilines is 1. The molecule has 338 valence electrons. The summed E-state index contributed by atoms with van der Waals surface area (Å²) in [6.45, 7) is 7.55. The van der Waals surface area contributed by atoms with Crippen LogP contribution in [0.4, 0.5) is 50.0 Å². The summed E-state index contributed by atoms with van der Waals surface area (Å²) in [6.07, 6.45) is -16.8. The van der Waals surface area contributed by atoms with Gasteiger partial charge in [0, 0.05) is 20.0 Å². The first-order chi connectivity index (χ1) is 27.9. The number of nitrogens with zero attached hydrogens (tertiary/aromatic N) is 4. The molecule has 0 aliphatic carbocycles. The normalized spacial score (nSPS) is 17.2. The van der Waals surface area contributed by atoms with Crippen molar-refractivity contribution in [3.05, 3.63) is 76.1 Å². The van der Waals surface area contributed by atoms with Gasteiger partial charge in [-0.2, -0.15) is 39.5 Å². The highest BCUT2D eigenvalue weighted by molar-refractivity contribution is 5.89. The summed E-state index contributed by atoms with van der Waals surface area (Å²) in [4.78, 5) is 46.7. The van der Waals surface area contributed by atoms with Gasteiger partial charge < -0.3 is 35.3 Å². The van der Waals surface area contributed by atoms with Crippen LogP contribution in [0.15, 0.2) is 36.5 Å². The van der Waals surface area contributed by atoms with Crippen molar-refractivity contribution in [1.29, 1.82) is 0 Å². The number of methoxy groups -OCH3 is 1. The van der Waals surface area contributed by atoms with Gasteiger partial charge in [0.25, 0.3) is 0 Å². The lowest BCUT2D eigenvalue weighted by Crippen LogP contribution is -2.64. The number of aromatic nitrogens is 3. The zero-order valence-electron chi connectivity index (χ0n) is 33.6. The number of rotatable bonds is 14. The quantitative estimate of drug-likeness (QED) is 0.0907. The predicted octanol–water partition coefficient (Wildman–Crippen LogP) is 7.66. The van der Waals surface area contributed by atoms with Crippen LogP contribution in [0.25, 0.3) is 0 Å². The van der Waals surface area contributed by atoms with Crippen molar-refractivity contribution in [1.82, 2.24) is 15.0 Å². The number of hydrogen-bond donors (Lipinski definition) is 4. The largest absolute Gasteiger partial charge is 0.488 e. The molecule has 4 rings (SSSR count). The van der Waals surface area contributed by atoms with Crippen LogP contribution >= 0.6 is 0 Å². The van der Waals surface area contributed by atoms with Crippen molar-refractivity contribution < 1.29 is 83.4 Å². The number of amides is 1. The third-order valence-electron chi connectivity index (χ3n) is 9.46. The van der Waals surface area contributed by atoms with Crippen LogP contribution in [0, 0.1) is 10.8 Å². The summed E-state index contributed by atoms with van der Waals surface area (Å²) in [5, 5.41) is 27.6. The number of alkyl halides is 9. The third-order valence-corrected chi connectivity index (χ3v) is 9.46. The first kappa shape index (κ1) is 50.1. The van der Waals surface area contributed by atoms with Crippen LogP contribution in [0.2, 0.25) is 0 Å². The Labute approximate surface area is 342 Å². The van der Waals surface area contributed by atoms with E-state index in [0.29, 0.717) is 23.1 Å². The van der Waals surface area contributed by atoms with E-state index in [0.717, 1.165) is 12.3 Å². The molecule has 0 saturated heterocycles. The van der Waals surface area contributed by atoms with Gasteiger partial charge in [0.15, 0.2) is 5.75 Å². The Morgan fingerprint density at radius 3 is 1.82 bits per heavy atom. The lowest BCUT2D eigenvalue weighted by atomic mass is 9.80. The van der Waals surface area contributed by atoms with Gasteiger partial charge in [-0.3, -0.25) is 14.5 Å². The van der Waals surface area contributed by atoms with Crippen molar-refractivity contribution in [3.8, 4) is 5.75 Å². The third kappa shape index (κ3) is 12.4. The van der Waals surface area contributed by atoms with Crippen LogP contribution in [0.1, 0.15) is 86.6 Å². The fraction of sp³-hybridized carbons (Fsp3) is 0.526. The molecule has 1 amide bonds. The number of pyridine rings is 1. The van der Waals surface area contributed by atoms with Gasteiger partial charge in [-0.1, -0.05) is 6.92 Å². The number of nitrogens with two attached hydrogens (primary N) is 1. The molecule has 3 aromatic rings. The smallest absolute Gasteiger partial charge is 0.433 e. The Morgan fingerprint density at radius 1 is 0.836 bits per heavy atom. The minimum absolute atomic E-state index is 0.000949. The molecule has 0 saturated carbocycles. The highest BCUT2D eigenvalue weighted by atomic mass is 19.4. The number of aliphatic carboxylic acids is 2. The Kier molecular flexibility index (Phi) is 15.4. The molecule has 23 heteroatoms. The zero-order valence-corrected chi connectivity index (χ0v) is 33.6. The highest BCUT2D eigenvalue weighted by Crippen LogP contribution is 2.45. The zero-order chi connectivity index (χ0) is 46.5. The molecule has 2 unspecified atom stereocenters. The van der Waals surface area contributed by atoms with E-state index >= 15 is 0 Å². The summed E-state index contributed by atoms with van der Waals surface area (Å²) < 4.78 is 137. The van der Waals surface area contributed by atoms with Crippen LogP contribution < -0.4 is 15.4 Å². The molecule has 2 atom stereocenters. The molecule has 1 aliphatic heterocycles. The van der Waals surface area contributed by atoms with Crippen LogP contribution in [-0.2, 0) is 50.4 Å². The second kappa shape index (κ2) is 18.8. The Bertz CT molecular complexity index is 2000. The molecule has 1 aliphatic rings.